The van der Waals surface area contributed by atoms with E-state index in [1.165, 1.54) is 31.2 Å². The second-order valence-corrected chi connectivity index (χ2v) is 8.04. The van der Waals surface area contributed by atoms with Crippen LogP contribution in [0.2, 0.25) is 0 Å². The van der Waals surface area contributed by atoms with Crippen molar-refractivity contribution in [2.24, 2.45) is 0 Å². The summed E-state index contributed by atoms with van der Waals surface area (Å²) in [5.41, 5.74) is -0.203. The fourth-order valence-electron chi connectivity index (χ4n) is 2.22. The summed E-state index contributed by atoms with van der Waals surface area (Å²) in [7, 11) is -3.29. The SMILES string of the molecule is C[C@H](OC(=O)c1cccc(CS(C)(=O)=O)c1)C(=O)Nc1c(F)cccc1F. The molecule has 9 heteroatoms. The number of carbonyl (C=O) groups is 2. The molecule has 1 amide bonds. The number of para-hydroxylation sites is 1. The number of nitrogens with one attached hydrogen (secondary N) is 1. The van der Waals surface area contributed by atoms with Gasteiger partial charge >= 0.3 is 5.97 Å². The lowest BCUT2D eigenvalue weighted by molar-refractivity contribution is -0.123. The summed E-state index contributed by atoms with van der Waals surface area (Å²) in [5.74, 6) is -3.97. The molecule has 2 aromatic carbocycles. The lowest BCUT2D eigenvalue weighted by Crippen LogP contribution is -2.30. The molecule has 6 nitrogen and oxygen atoms in total. The number of halogens is 2. The molecule has 0 saturated heterocycles. The van der Waals surface area contributed by atoms with E-state index in [9.17, 15) is 26.8 Å². The third-order valence-corrected chi connectivity index (χ3v) is 4.31. The topological polar surface area (TPSA) is 89.5 Å². The van der Waals surface area contributed by atoms with E-state index in [0.717, 1.165) is 24.5 Å². The van der Waals surface area contributed by atoms with Crippen molar-refractivity contribution < 1.29 is 31.5 Å². The number of anilines is 1. The number of benzene rings is 2. The first-order chi connectivity index (χ1) is 12.6. The minimum absolute atomic E-state index is 0.0490. The molecule has 0 spiro atoms. The zero-order chi connectivity index (χ0) is 20.2. The van der Waals surface area contributed by atoms with Crippen molar-refractivity contribution in [1.29, 1.82) is 0 Å². The van der Waals surface area contributed by atoms with Gasteiger partial charge in [0.25, 0.3) is 5.91 Å². The highest BCUT2D eigenvalue weighted by Crippen LogP contribution is 2.18. The molecule has 27 heavy (non-hydrogen) atoms. The molecule has 0 bridgehead atoms. The first kappa shape index (κ1) is 20.5. The van der Waals surface area contributed by atoms with Crippen LogP contribution in [0.5, 0.6) is 0 Å². The zero-order valence-corrected chi connectivity index (χ0v) is 15.3. The van der Waals surface area contributed by atoms with Gasteiger partial charge in [-0.15, -0.1) is 0 Å². The quantitative estimate of drug-likeness (QED) is 0.757. The van der Waals surface area contributed by atoms with Crippen LogP contribution in [0.1, 0.15) is 22.8 Å². The number of carbonyl (C=O) groups excluding carboxylic acids is 2. The maximum Gasteiger partial charge on any atom is 0.338 e. The number of esters is 1. The normalized spacial score (nSPS) is 12.3. The molecule has 0 aliphatic rings. The molecule has 0 saturated carbocycles. The molecule has 0 aliphatic heterocycles. The smallest absolute Gasteiger partial charge is 0.338 e. The van der Waals surface area contributed by atoms with Crippen LogP contribution < -0.4 is 5.32 Å². The van der Waals surface area contributed by atoms with Gasteiger partial charge in [-0.1, -0.05) is 18.2 Å². The lowest BCUT2D eigenvalue weighted by Gasteiger charge is -2.14. The minimum Gasteiger partial charge on any atom is -0.449 e. The van der Waals surface area contributed by atoms with Gasteiger partial charge in [0.1, 0.15) is 17.3 Å². The maximum absolute atomic E-state index is 13.6. The van der Waals surface area contributed by atoms with Crippen LogP contribution in [-0.4, -0.2) is 32.7 Å². The van der Waals surface area contributed by atoms with E-state index in [2.05, 4.69) is 0 Å². The van der Waals surface area contributed by atoms with Gasteiger partial charge in [-0.05, 0) is 36.8 Å². The number of sulfone groups is 1. The van der Waals surface area contributed by atoms with Crippen molar-refractivity contribution in [3.05, 3.63) is 65.2 Å². The Morgan fingerprint density at radius 3 is 2.30 bits per heavy atom. The van der Waals surface area contributed by atoms with Crippen LogP contribution in [0.4, 0.5) is 14.5 Å². The second kappa shape index (κ2) is 8.26. The van der Waals surface area contributed by atoms with Gasteiger partial charge in [0.2, 0.25) is 0 Å². The second-order valence-electron chi connectivity index (χ2n) is 5.90. The summed E-state index contributed by atoms with van der Waals surface area (Å²) < 4.78 is 54.8. The Bertz CT molecular complexity index is 955. The Morgan fingerprint density at radius 1 is 1.11 bits per heavy atom. The average molecular weight is 397 g/mol. The van der Waals surface area contributed by atoms with Crippen molar-refractivity contribution in [3.8, 4) is 0 Å². The van der Waals surface area contributed by atoms with Crippen molar-refractivity contribution in [1.82, 2.24) is 0 Å². The van der Waals surface area contributed by atoms with E-state index in [4.69, 9.17) is 4.74 Å². The van der Waals surface area contributed by atoms with Gasteiger partial charge in [0, 0.05) is 6.26 Å². The summed E-state index contributed by atoms with van der Waals surface area (Å²) >= 11 is 0. The Kier molecular flexibility index (Phi) is 6.27. The molecule has 0 aliphatic carbocycles. The number of rotatable bonds is 6. The molecule has 0 unspecified atom stereocenters. The van der Waals surface area contributed by atoms with Gasteiger partial charge in [0.15, 0.2) is 15.9 Å². The predicted octanol–water partition coefficient (Wildman–Crippen LogP) is 2.69. The van der Waals surface area contributed by atoms with E-state index in [1.54, 1.807) is 0 Å². The molecule has 2 aromatic rings. The summed E-state index contributed by atoms with van der Waals surface area (Å²) in [6.45, 7) is 1.24. The van der Waals surface area contributed by atoms with E-state index in [-0.39, 0.29) is 11.3 Å². The Labute approximate surface area is 155 Å². The summed E-state index contributed by atoms with van der Waals surface area (Å²) in [6.07, 6.45) is -0.276. The highest BCUT2D eigenvalue weighted by Gasteiger charge is 2.22. The number of hydrogen-bond donors (Lipinski definition) is 1. The molecular formula is C18H17F2NO5S. The molecule has 0 heterocycles. The van der Waals surface area contributed by atoms with Gasteiger partial charge in [0.05, 0.1) is 11.3 Å². The Morgan fingerprint density at radius 2 is 1.70 bits per heavy atom. The summed E-state index contributed by atoms with van der Waals surface area (Å²) in [4.78, 5) is 24.2. The third-order valence-electron chi connectivity index (χ3n) is 3.46. The van der Waals surface area contributed by atoms with Crippen molar-refractivity contribution >= 4 is 27.4 Å². The van der Waals surface area contributed by atoms with Crippen molar-refractivity contribution in [2.75, 3.05) is 11.6 Å². The maximum atomic E-state index is 13.6. The average Bonchev–Trinajstić information content (AvgIpc) is 2.56. The molecule has 144 valence electrons. The highest BCUT2D eigenvalue weighted by atomic mass is 32.2. The van der Waals surface area contributed by atoms with E-state index >= 15 is 0 Å². The van der Waals surface area contributed by atoms with Crippen molar-refractivity contribution in [2.45, 2.75) is 18.8 Å². The van der Waals surface area contributed by atoms with Crippen LogP contribution >= 0.6 is 0 Å². The highest BCUT2D eigenvalue weighted by molar-refractivity contribution is 7.89. The summed E-state index contributed by atoms with van der Waals surface area (Å²) in [6, 6.07) is 8.85. The first-order valence-corrected chi connectivity index (χ1v) is 9.85. The molecule has 0 aromatic heterocycles. The largest absolute Gasteiger partial charge is 0.449 e. The lowest BCUT2D eigenvalue weighted by atomic mass is 10.1. The van der Waals surface area contributed by atoms with Gasteiger partial charge in [-0.3, -0.25) is 4.79 Å². The standard InChI is InChI=1S/C18H17F2NO5S/c1-11(17(22)21-16-14(19)7-4-8-15(16)20)26-18(23)13-6-3-5-12(9-13)10-27(2,24)25/h3-9,11H,10H2,1-2H3,(H,21,22)/t11-/m0/s1. The molecule has 1 N–H and O–H groups in total. The Balaban J connectivity index is 2.07. The number of ether oxygens (including phenoxy) is 1. The van der Waals surface area contributed by atoms with E-state index in [0.29, 0.717) is 5.56 Å². The van der Waals surface area contributed by atoms with Crippen LogP contribution in [0.3, 0.4) is 0 Å². The van der Waals surface area contributed by atoms with Gasteiger partial charge in [-0.25, -0.2) is 22.0 Å². The zero-order valence-electron chi connectivity index (χ0n) is 14.5. The van der Waals surface area contributed by atoms with E-state index < -0.39 is 45.1 Å². The Hall–Kier alpha value is -2.81. The molecule has 0 fully saturated rings. The molecule has 2 rings (SSSR count). The number of hydrogen-bond acceptors (Lipinski definition) is 5. The first-order valence-electron chi connectivity index (χ1n) is 7.79. The monoisotopic (exact) mass is 397 g/mol. The van der Waals surface area contributed by atoms with Crippen LogP contribution in [0.15, 0.2) is 42.5 Å². The van der Waals surface area contributed by atoms with Crippen LogP contribution in [0.25, 0.3) is 0 Å². The number of amides is 1. The fourth-order valence-corrected chi connectivity index (χ4v) is 3.00. The molecular weight excluding hydrogens is 380 g/mol. The fraction of sp³-hybridized carbons (Fsp3) is 0.222. The summed E-state index contributed by atoms with van der Waals surface area (Å²) in [5, 5.41) is 2.03. The van der Waals surface area contributed by atoms with Gasteiger partial charge < -0.3 is 10.1 Å². The van der Waals surface area contributed by atoms with E-state index in [1.807, 2.05) is 5.32 Å². The minimum atomic E-state index is -3.29. The molecule has 0 radical (unpaired) electrons. The van der Waals surface area contributed by atoms with Crippen LogP contribution in [-0.2, 0) is 25.1 Å². The predicted molar refractivity (Wildman–Crippen MR) is 94.9 cm³/mol. The van der Waals surface area contributed by atoms with Crippen molar-refractivity contribution in [3.63, 3.8) is 0 Å². The van der Waals surface area contributed by atoms with Crippen LogP contribution in [0, 0.1) is 11.6 Å². The third kappa shape index (κ3) is 5.85. The van der Waals surface area contributed by atoms with Gasteiger partial charge in [-0.2, -0.15) is 0 Å². The molecule has 1 atom stereocenters.